The van der Waals surface area contributed by atoms with Crippen LogP contribution in [-0.2, 0) is 11.3 Å². The van der Waals surface area contributed by atoms with Crippen LogP contribution in [0.3, 0.4) is 0 Å². The number of ether oxygens (including phenoxy) is 2. The highest BCUT2D eigenvalue weighted by molar-refractivity contribution is 6.03. The van der Waals surface area contributed by atoms with E-state index < -0.39 is 0 Å². The Labute approximate surface area is 177 Å². The molecule has 0 aliphatic carbocycles. The first-order valence-corrected chi connectivity index (χ1v) is 10.3. The summed E-state index contributed by atoms with van der Waals surface area (Å²) in [5.41, 5.74) is 2.35. The van der Waals surface area contributed by atoms with E-state index in [0.717, 1.165) is 44.2 Å². The lowest BCUT2D eigenvalue weighted by Crippen LogP contribution is -3.28. The summed E-state index contributed by atoms with van der Waals surface area (Å²) in [6.07, 6.45) is 0. The van der Waals surface area contributed by atoms with Crippen molar-refractivity contribution in [3.05, 3.63) is 53.6 Å². The number of rotatable bonds is 8. The Balaban J connectivity index is 1.49. The minimum absolute atomic E-state index is 0.0503. The molecule has 1 heterocycles. The first-order chi connectivity index (χ1) is 14.5. The molecular formula is C23H31N3O4+2. The van der Waals surface area contributed by atoms with Gasteiger partial charge in [-0.3, -0.25) is 9.59 Å². The number of anilines is 1. The molecule has 1 aliphatic heterocycles. The number of carbonyl (C=O) groups is 2. The van der Waals surface area contributed by atoms with E-state index in [-0.39, 0.29) is 11.7 Å². The van der Waals surface area contributed by atoms with Gasteiger partial charge in [0.25, 0.3) is 5.91 Å². The third kappa shape index (κ3) is 5.58. The number of amides is 1. The molecule has 0 aromatic heterocycles. The molecule has 0 radical (unpaired) electrons. The third-order valence-electron chi connectivity index (χ3n) is 5.56. The van der Waals surface area contributed by atoms with Crippen molar-refractivity contribution in [3.8, 4) is 11.5 Å². The van der Waals surface area contributed by atoms with E-state index in [1.54, 1.807) is 32.4 Å². The van der Waals surface area contributed by atoms with Crippen LogP contribution in [0, 0.1) is 0 Å². The summed E-state index contributed by atoms with van der Waals surface area (Å²) in [6.45, 7) is 6.72. The van der Waals surface area contributed by atoms with E-state index >= 15 is 0 Å². The number of quaternary nitrogens is 2. The molecule has 2 aromatic rings. The van der Waals surface area contributed by atoms with Gasteiger partial charge >= 0.3 is 0 Å². The molecule has 0 spiro atoms. The van der Waals surface area contributed by atoms with Gasteiger partial charge in [-0.15, -0.1) is 0 Å². The highest BCUT2D eigenvalue weighted by atomic mass is 16.5. The Morgan fingerprint density at radius 2 is 1.60 bits per heavy atom. The summed E-state index contributed by atoms with van der Waals surface area (Å²) in [6, 6.07) is 13.2. The maximum absolute atomic E-state index is 12.5. The minimum Gasteiger partial charge on any atom is -0.493 e. The lowest BCUT2D eigenvalue weighted by atomic mass is 10.1. The molecule has 2 aromatic carbocycles. The van der Waals surface area contributed by atoms with E-state index in [9.17, 15) is 9.59 Å². The minimum atomic E-state index is -0.0537. The number of hydrogen-bond donors (Lipinski definition) is 3. The van der Waals surface area contributed by atoms with Gasteiger partial charge < -0.3 is 24.6 Å². The number of methoxy groups -OCH3 is 2. The van der Waals surface area contributed by atoms with Crippen molar-refractivity contribution < 1.29 is 28.9 Å². The number of benzene rings is 2. The molecule has 7 heteroatoms. The lowest BCUT2D eigenvalue weighted by molar-refractivity contribution is -1.02. The Morgan fingerprint density at radius 3 is 2.27 bits per heavy atom. The zero-order chi connectivity index (χ0) is 21.5. The van der Waals surface area contributed by atoms with Crippen LogP contribution < -0.4 is 24.6 Å². The van der Waals surface area contributed by atoms with Gasteiger partial charge in [-0.05, 0) is 37.3 Å². The Morgan fingerprint density at radius 1 is 0.933 bits per heavy atom. The largest absolute Gasteiger partial charge is 0.493 e. The quantitative estimate of drug-likeness (QED) is 0.526. The standard InChI is InChI=1S/C23H29N3O4/c1-17(27)19-6-4-5-7-20(19)24-23(28)16-26-12-10-25(11-13-26)15-18-8-9-21(29-2)22(14-18)30-3/h4-9,14H,10-13,15-16H2,1-3H3,(H,24,28)/p+2. The zero-order valence-corrected chi connectivity index (χ0v) is 17.9. The van der Waals surface area contributed by atoms with Crippen molar-refractivity contribution in [3.63, 3.8) is 0 Å². The molecule has 1 fully saturated rings. The predicted octanol–water partition coefficient (Wildman–Crippen LogP) is -0.171. The fourth-order valence-corrected chi connectivity index (χ4v) is 3.91. The topological polar surface area (TPSA) is 73.5 Å². The number of hydrogen-bond acceptors (Lipinski definition) is 4. The second kappa shape index (κ2) is 10.2. The molecular weight excluding hydrogens is 382 g/mol. The van der Waals surface area contributed by atoms with E-state index in [4.69, 9.17) is 9.47 Å². The highest BCUT2D eigenvalue weighted by Gasteiger charge is 2.25. The van der Waals surface area contributed by atoms with Gasteiger partial charge in [0.05, 0.1) is 19.9 Å². The third-order valence-corrected chi connectivity index (χ3v) is 5.56. The van der Waals surface area contributed by atoms with Crippen LogP contribution >= 0.6 is 0 Å². The summed E-state index contributed by atoms with van der Waals surface area (Å²) >= 11 is 0. The van der Waals surface area contributed by atoms with Gasteiger partial charge in [0.1, 0.15) is 32.7 Å². The van der Waals surface area contributed by atoms with Gasteiger partial charge in [-0.2, -0.15) is 0 Å². The second-order valence-corrected chi connectivity index (χ2v) is 7.69. The fraction of sp³-hybridized carbons (Fsp3) is 0.391. The van der Waals surface area contributed by atoms with Crippen molar-refractivity contribution in [1.82, 2.24) is 0 Å². The zero-order valence-electron chi connectivity index (χ0n) is 17.9. The van der Waals surface area contributed by atoms with E-state index in [1.165, 1.54) is 22.3 Å². The summed E-state index contributed by atoms with van der Waals surface area (Å²) in [5, 5.41) is 2.90. The average Bonchev–Trinajstić information content (AvgIpc) is 2.75. The molecule has 0 bridgehead atoms. The lowest BCUT2D eigenvalue weighted by Gasteiger charge is -2.29. The van der Waals surface area contributed by atoms with Crippen LogP contribution in [0.25, 0.3) is 0 Å². The normalized spacial score (nSPS) is 18.5. The van der Waals surface area contributed by atoms with Crippen LogP contribution in [0.5, 0.6) is 11.5 Å². The first kappa shape index (κ1) is 21.8. The summed E-state index contributed by atoms with van der Waals surface area (Å²) in [4.78, 5) is 27.0. The Kier molecular flexibility index (Phi) is 7.43. The molecule has 1 aliphatic rings. The average molecular weight is 414 g/mol. The molecule has 30 heavy (non-hydrogen) atoms. The summed E-state index contributed by atoms with van der Waals surface area (Å²) in [7, 11) is 3.29. The summed E-state index contributed by atoms with van der Waals surface area (Å²) in [5.74, 6) is 1.39. The molecule has 1 saturated heterocycles. The number of Topliss-reactive ketones (excluding diaryl/α,β-unsaturated/α-hetero) is 1. The van der Waals surface area contributed by atoms with Crippen molar-refractivity contribution in [2.24, 2.45) is 0 Å². The van der Waals surface area contributed by atoms with Crippen LogP contribution in [0.2, 0.25) is 0 Å². The Hall–Kier alpha value is -2.90. The fourth-order valence-electron chi connectivity index (χ4n) is 3.91. The van der Waals surface area contributed by atoms with Gasteiger partial charge in [-0.1, -0.05) is 12.1 Å². The molecule has 7 nitrogen and oxygen atoms in total. The van der Waals surface area contributed by atoms with Gasteiger partial charge in [0.2, 0.25) is 0 Å². The summed E-state index contributed by atoms with van der Waals surface area (Å²) < 4.78 is 10.7. The highest BCUT2D eigenvalue weighted by Crippen LogP contribution is 2.27. The second-order valence-electron chi connectivity index (χ2n) is 7.69. The van der Waals surface area contributed by atoms with Crippen molar-refractivity contribution in [1.29, 1.82) is 0 Å². The van der Waals surface area contributed by atoms with Crippen molar-refractivity contribution >= 4 is 17.4 Å². The number of carbonyl (C=O) groups excluding carboxylic acids is 2. The maximum Gasteiger partial charge on any atom is 0.279 e. The molecule has 0 unspecified atom stereocenters. The van der Waals surface area contributed by atoms with Crippen molar-refractivity contribution in [2.45, 2.75) is 13.5 Å². The van der Waals surface area contributed by atoms with Gasteiger partial charge in [0.15, 0.2) is 23.8 Å². The van der Waals surface area contributed by atoms with Crippen LogP contribution in [-0.4, -0.2) is 58.6 Å². The maximum atomic E-state index is 12.5. The first-order valence-electron chi connectivity index (χ1n) is 10.3. The van der Waals surface area contributed by atoms with E-state index in [0.29, 0.717) is 17.8 Å². The van der Waals surface area contributed by atoms with E-state index in [1.807, 2.05) is 18.2 Å². The van der Waals surface area contributed by atoms with Crippen molar-refractivity contribution in [2.75, 3.05) is 52.3 Å². The van der Waals surface area contributed by atoms with Gasteiger partial charge in [-0.25, -0.2) is 0 Å². The molecule has 3 rings (SSSR count). The number of piperazine rings is 1. The molecule has 0 atom stereocenters. The number of nitrogens with one attached hydrogen (secondary N) is 3. The van der Waals surface area contributed by atoms with Crippen LogP contribution in [0.1, 0.15) is 22.8 Å². The van der Waals surface area contributed by atoms with Crippen LogP contribution in [0.4, 0.5) is 5.69 Å². The number of para-hydroxylation sites is 1. The monoisotopic (exact) mass is 413 g/mol. The smallest absolute Gasteiger partial charge is 0.279 e. The predicted molar refractivity (Wildman–Crippen MR) is 115 cm³/mol. The molecule has 0 saturated carbocycles. The molecule has 160 valence electrons. The van der Waals surface area contributed by atoms with E-state index in [2.05, 4.69) is 11.4 Å². The van der Waals surface area contributed by atoms with Crippen LogP contribution in [0.15, 0.2) is 42.5 Å². The SMILES string of the molecule is COc1ccc(C[NH+]2CC[NH+](CC(=O)Nc3ccccc3C(C)=O)CC2)cc1OC. The van der Waals surface area contributed by atoms with Gasteiger partial charge in [0, 0.05) is 11.1 Å². The molecule has 3 N–H and O–H groups in total. The molecule has 1 amide bonds. The Bertz CT molecular complexity index is 892. The number of ketones is 1.